The maximum Gasteiger partial charge on any atom is 0.305 e. The minimum Gasteiger partial charge on any atom is -0.481 e. The number of carboxylic acids is 1. The molecule has 1 aromatic rings. The van der Waals surface area contributed by atoms with E-state index in [1.54, 1.807) is 6.92 Å². The minimum atomic E-state index is -1.01. The van der Waals surface area contributed by atoms with Crippen LogP contribution in [0.5, 0.6) is 0 Å². The number of carbonyl (C=O) groups excluding carboxylic acids is 1. The maximum absolute atomic E-state index is 12.0. The lowest BCUT2D eigenvalue weighted by Crippen LogP contribution is -2.38. The molecule has 1 atom stereocenters. The van der Waals surface area contributed by atoms with Crippen LogP contribution in [-0.2, 0) is 11.3 Å². The number of aromatic nitrogens is 2. The molecule has 2 rings (SSSR count). The molecule has 0 saturated carbocycles. The van der Waals surface area contributed by atoms with Gasteiger partial charge in [-0.2, -0.15) is 0 Å². The first-order chi connectivity index (χ1) is 8.99. The van der Waals surface area contributed by atoms with Crippen molar-refractivity contribution in [2.75, 3.05) is 5.75 Å². The predicted molar refractivity (Wildman–Crippen MR) is 68.4 cm³/mol. The lowest BCUT2D eigenvalue weighted by atomic mass is 10.2. The zero-order valence-electron chi connectivity index (χ0n) is 10.3. The van der Waals surface area contributed by atoms with Crippen molar-refractivity contribution >= 4 is 23.6 Å². The lowest BCUT2D eigenvalue weighted by Gasteiger charge is -2.11. The topological polar surface area (TPSA) is 101 Å². The molecule has 0 aliphatic carbocycles. The Morgan fingerprint density at radius 1 is 1.63 bits per heavy atom. The number of hydrogen-bond donors (Lipinski definition) is 2. The van der Waals surface area contributed by atoms with E-state index in [0.717, 1.165) is 5.75 Å². The first-order valence-electron chi connectivity index (χ1n) is 5.74. The van der Waals surface area contributed by atoms with Crippen molar-refractivity contribution in [1.82, 2.24) is 14.9 Å². The molecule has 7 nitrogen and oxygen atoms in total. The number of amides is 1. The summed E-state index contributed by atoms with van der Waals surface area (Å²) in [5, 5.41) is 11.7. The number of thioether (sulfide) groups is 1. The molecule has 0 saturated heterocycles. The average Bonchev–Trinajstić information content (AvgIpc) is 2.76. The second-order valence-corrected chi connectivity index (χ2v) is 5.29. The Kier molecular flexibility index (Phi) is 3.89. The molecule has 0 fully saturated rings. The van der Waals surface area contributed by atoms with Crippen LogP contribution in [0.1, 0.15) is 23.7 Å². The Morgan fingerprint density at radius 3 is 3.05 bits per heavy atom. The van der Waals surface area contributed by atoms with Crippen LogP contribution in [-0.4, -0.2) is 38.3 Å². The molecule has 1 aliphatic heterocycles. The molecular weight excluding hydrogens is 270 g/mol. The molecule has 1 aromatic heterocycles. The van der Waals surface area contributed by atoms with E-state index >= 15 is 0 Å². The van der Waals surface area contributed by atoms with Crippen LogP contribution >= 0.6 is 11.8 Å². The normalized spacial score (nSPS) is 14.8. The van der Waals surface area contributed by atoms with Gasteiger partial charge in [0.15, 0.2) is 5.16 Å². The van der Waals surface area contributed by atoms with E-state index in [1.807, 2.05) is 0 Å². The SMILES string of the molecule is CC(CC(=O)O)NC(=O)c1cnc2n(c1=O)CCS2. The minimum absolute atomic E-state index is 0.0523. The van der Waals surface area contributed by atoms with Crippen molar-refractivity contribution < 1.29 is 14.7 Å². The second kappa shape index (κ2) is 5.43. The van der Waals surface area contributed by atoms with Gasteiger partial charge in [-0.3, -0.25) is 19.0 Å². The van der Waals surface area contributed by atoms with Gasteiger partial charge in [0, 0.05) is 24.5 Å². The number of nitrogens with one attached hydrogen (secondary N) is 1. The van der Waals surface area contributed by atoms with E-state index in [2.05, 4.69) is 10.3 Å². The highest BCUT2D eigenvalue weighted by Crippen LogP contribution is 2.20. The molecule has 19 heavy (non-hydrogen) atoms. The molecule has 102 valence electrons. The summed E-state index contributed by atoms with van der Waals surface area (Å²) >= 11 is 1.47. The van der Waals surface area contributed by atoms with Gasteiger partial charge in [0.25, 0.3) is 11.5 Å². The van der Waals surface area contributed by atoms with Crippen molar-refractivity contribution in [3.05, 3.63) is 22.1 Å². The molecule has 0 aromatic carbocycles. The number of hydrogen-bond acceptors (Lipinski definition) is 5. The predicted octanol–water partition coefficient (Wildman–Crippen LogP) is -0.0580. The third kappa shape index (κ3) is 2.95. The first-order valence-corrected chi connectivity index (χ1v) is 6.73. The van der Waals surface area contributed by atoms with Gasteiger partial charge in [-0.25, -0.2) is 4.98 Å². The molecule has 1 unspecified atom stereocenters. The third-order valence-corrected chi connectivity index (χ3v) is 3.63. The van der Waals surface area contributed by atoms with Gasteiger partial charge in [0.05, 0.1) is 6.42 Å². The van der Waals surface area contributed by atoms with Gasteiger partial charge >= 0.3 is 5.97 Å². The fourth-order valence-corrected chi connectivity index (χ4v) is 2.70. The molecule has 1 amide bonds. The Morgan fingerprint density at radius 2 is 2.37 bits per heavy atom. The highest BCUT2D eigenvalue weighted by molar-refractivity contribution is 7.99. The maximum atomic E-state index is 12.0. The van der Waals surface area contributed by atoms with E-state index in [9.17, 15) is 14.4 Å². The smallest absolute Gasteiger partial charge is 0.305 e. The largest absolute Gasteiger partial charge is 0.481 e. The van der Waals surface area contributed by atoms with Gasteiger partial charge in [0.2, 0.25) is 0 Å². The van der Waals surface area contributed by atoms with Crippen molar-refractivity contribution in [3.63, 3.8) is 0 Å². The van der Waals surface area contributed by atoms with Gasteiger partial charge < -0.3 is 10.4 Å². The van der Waals surface area contributed by atoms with Crippen LogP contribution in [0.25, 0.3) is 0 Å². The number of fused-ring (bicyclic) bond motifs is 1. The number of carbonyl (C=O) groups is 2. The van der Waals surface area contributed by atoms with Crippen molar-refractivity contribution in [2.24, 2.45) is 0 Å². The van der Waals surface area contributed by atoms with Crippen LogP contribution in [0, 0.1) is 0 Å². The van der Waals surface area contributed by atoms with Crippen molar-refractivity contribution in [1.29, 1.82) is 0 Å². The molecular formula is C11H13N3O4S. The van der Waals surface area contributed by atoms with Crippen LogP contribution in [0.4, 0.5) is 0 Å². The van der Waals surface area contributed by atoms with Gasteiger partial charge in [-0.05, 0) is 6.92 Å². The summed E-state index contributed by atoms with van der Waals surface area (Å²) in [6, 6.07) is -0.544. The molecule has 2 heterocycles. The zero-order chi connectivity index (χ0) is 14.0. The molecule has 0 bridgehead atoms. The second-order valence-electron chi connectivity index (χ2n) is 4.23. The summed E-state index contributed by atoms with van der Waals surface area (Å²) in [5.41, 5.74) is -0.432. The summed E-state index contributed by atoms with van der Waals surface area (Å²) in [6.45, 7) is 2.11. The molecule has 2 N–H and O–H groups in total. The van der Waals surface area contributed by atoms with Gasteiger partial charge in [-0.1, -0.05) is 11.8 Å². The Hall–Kier alpha value is -1.83. The summed E-state index contributed by atoms with van der Waals surface area (Å²) in [5.74, 6) is -0.825. The van der Waals surface area contributed by atoms with Crippen LogP contribution < -0.4 is 10.9 Å². The van der Waals surface area contributed by atoms with Gasteiger partial charge in [-0.15, -0.1) is 0 Å². The molecule has 8 heteroatoms. The third-order valence-electron chi connectivity index (χ3n) is 2.66. The Labute approximate surface area is 113 Å². The van der Waals surface area contributed by atoms with E-state index in [4.69, 9.17) is 5.11 Å². The monoisotopic (exact) mass is 283 g/mol. The Bertz CT molecular complexity index is 584. The first kappa shape index (κ1) is 13.6. The van der Waals surface area contributed by atoms with Crippen LogP contribution in [0.2, 0.25) is 0 Å². The summed E-state index contributed by atoms with van der Waals surface area (Å²) in [7, 11) is 0. The van der Waals surface area contributed by atoms with Crippen LogP contribution in [0.3, 0.4) is 0 Å². The highest BCUT2D eigenvalue weighted by atomic mass is 32.2. The van der Waals surface area contributed by atoms with E-state index in [1.165, 1.54) is 22.5 Å². The van der Waals surface area contributed by atoms with E-state index in [0.29, 0.717) is 11.7 Å². The number of aliphatic carboxylic acids is 1. The number of carboxylic acid groups (broad SMARTS) is 1. The quantitative estimate of drug-likeness (QED) is 0.751. The van der Waals surface area contributed by atoms with Crippen molar-refractivity contribution in [2.45, 2.75) is 31.1 Å². The fraction of sp³-hybridized carbons (Fsp3) is 0.455. The average molecular weight is 283 g/mol. The standard InChI is InChI=1S/C11H13N3O4S/c1-6(4-8(15)16)13-9(17)7-5-12-11-14(10(7)18)2-3-19-11/h5-6H,2-4H2,1H3,(H,13,17)(H,15,16). The summed E-state index contributed by atoms with van der Waals surface area (Å²) in [6.07, 6.45) is 1.05. The van der Waals surface area contributed by atoms with Crippen molar-refractivity contribution in [3.8, 4) is 0 Å². The Balaban J connectivity index is 2.16. The van der Waals surface area contributed by atoms with Gasteiger partial charge in [0.1, 0.15) is 5.56 Å². The molecule has 0 radical (unpaired) electrons. The zero-order valence-corrected chi connectivity index (χ0v) is 11.1. The fourth-order valence-electron chi connectivity index (χ4n) is 1.79. The molecule has 1 aliphatic rings. The lowest BCUT2D eigenvalue weighted by molar-refractivity contribution is -0.137. The number of rotatable bonds is 4. The highest BCUT2D eigenvalue weighted by Gasteiger charge is 2.21. The summed E-state index contributed by atoms with van der Waals surface area (Å²) < 4.78 is 1.46. The number of nitrogens with zero attached hydrogens (tertiary/aromatic N) is 2. The van der Waals surface area contributed by atoms with Crippen LogP contribution in [0.15, 0.2) is 16.1 Å². The molecule has 0 spiro atoms. The summed E-state index contributed by atoms with van der Waals surface area (Å²) in [4.78, 5) is 38.5. The van der Waals surface area contributed by atoms with E-state index in [-0.39, 0.29) is 17.5 Å². The van der Waals surface area contributed by atoms with E-state index < -0.39 is 17.9 Å².